The summed E-state index contributed by atoms with van der Waals surface area (Å²) in [4.78, 5) is 24.2. The van der Waals surface area contributed by atoms with Gasteiger partial charge in [0.05, 0.1) is 35.3 Å². The number of fused-ring (bicyclic) bond motifs is 1. The molecule has 0 atom stereocenters. The number of halogens is 1. The standard InChI is InChI=1S/C29H32FN5O3S/c1-16(2)38-23-13-19(17-9-11-35(3)12-10-17)20(30)14-21(23)33-29-32-15-24-26(34-29)25(27(39-24)28(31)36)18-7-5-6-8-22(18)37-4/h5-8,13-17H,9-12H2,1-4H3,(H2,31,36)(H,32,33,34). The Morgan fingerprint density at radius 1 is 1.21 bits per heavy atom. The third kappa shape index (κ3) is 5.53. The highest BCUT2D eigenvalue weighted by Crippen LogP contribution is 2.42. The van der Waals surface area contributed by atoms with Crippen molar-refractivity contribution in [1.29, 1.82) is 0 Å². The first-order valence-electron chi connectivity index (χ1n) is 12.9. The lowest BCUT2D eigenvalue weighted by Crippen LogP contribution is -2.29. The molecular formula is C29H32FN5O3S. The Balaban J connectivity index is 1.57. The molecule has 10 heteroatoms. The molecule has 1 amide bonds. The predicted molar refractivity (Wildman–Crippen MR) is 153 cm³/mol. The molecule has 8 nitrogen and oxygen atoms in total. The average molecular weight is 550 g/mol. The lowest BCUT2D eigenvalue weighted by molar-refractivity contribution is 0.100. The number of likely N-dealkylation sites (tertiary alicyclic amines) is 1. The van der Waals surface area contributed by atoms with Crippen molar-refractivity contribution in [3.8, 4) is 22.6 Å². The molecular weight excluding hydrogens is 517 g/mol. The molecule has 2 aromatic heterocycles. The number of para-hydroxylation sites is 1. The highest BCUT2D eigenvalue weighted by atomic mass is 32.1. The summed E-state index contributed by atoms with van der Waals surface area (Å²) in [6.45, 7) is 5.73. The van der Waals surface area contributed by atoms with E-state index in [2.05, 4.69) is 22.2 Å². The number of methoxy groups -OCH3 is 1. The Morgan fingerprint density at radius 3 is 2.64 bits per heavy atom. The van der Waals surface area contributed by atoms with Crippen molar-refractivity contribution in [3.05, 3.63) is 58.9 Å². The molecule has 4 aromatic rings. The largest absolute Gasteiger partial charge is 0.496 e. The second-order valence-corrected chi connectivity index (χ2v) is 11.1. The molecule has 0 saturated carbocycles. The number of ether oxygens (including phenoxy) is 2. The molecule has 39 heavy (non-hydrogen) atoms. The van der Waals surface area contributed by atoms with Gasteiger partial charge in [0, 0.05) is 17.2 Å². The summed E-state index contributed by atoms with van der Waals surface area (Å²) in [6.07, 6.45) is 3.31. The Hall–Kier alpha value is -3.76. The normalized spacial score (nSPS) is 14.6. The first kappa shape index (κ1) is 26.8. The summed E-state index contributed by atoms with van der Waals surface area (Å²) in [7, 11) is 3.65. The Labute approximate surface area is 231 Å². The highest BCUT2D eigenvalue weighted by Gasteiger charge is 2.25. The van der Waals surface area contributed by atoms with Crippen molar-refractivity contribution in [2.24, 2.45) is 5.73 Å². The number of carbonyl (C=O) groups excluding carboxylic acids is 1. The number of amides is 1. The molecule has 0 aliphatic carbocycles. The van der Waals surface area contributed by atoms with Gasteiger partial charge >= 0.3 is 0 Å². The number of piperidine rings is 1. The van der Waals surface area contributed by atoms with E-state index in [1.165, 1.54) is 17.4 Å². The molecule has 0 bridgehead atoms. The van der Waals surface area contributed by atoms with Crippen LogP contribution in [-0.2, 0) is 0 Å². The first-order chi connectivity index (χ1) is 18.7. The van der Waals surface area contributed by atoms with Crippen LogP contribution in [0, 0.1) is 5.82 Å². The van der Waals surface area contributed by atoms with Gasteiger partial charge in [-0.1, -0.05) is 18.2 Å². The van der Waals surface area contributed by atoms with Crippen LogP contribution in [0.4, 0.5) is 16.0 Å². The number of rotatable bonds is 8. The van der Waals surface area contributed by atoms with E-state index in [-0.39, 0.29) is 23.8 Å². The van der Waals surface area contributed by atoms with Gasteiger partial charge in [-0.15, -0.1) is 11.3 Å². The van der Waals surface area contributed by atoms with Crippen LogP contribution in [0.25, 0.3) is 21.3 Å². The number of nitrogens with one attached hydrogen (secondary N) is 1. The molecule has 0 unspecified atom stereocenters. The fourth-order valence-corrected chi connectivity index (χ4v) is 5.98. The van der Waals surface area contributed by atoms with Crippen LogP contribution in [0.1, 0.15) is 47.8 Å². The number of thiophene rings is 1. The van der Waals surface area contributed by atoms with Crippen molar-refractivity contribution in [2.45, 2.75) is 38.7 Å². The number of nitrogens with zero attached hydrogens (tertiary/aromatic N) is 3. The molecule has 1 fully saturated rings. The van der Waals surface area contributed by atoms with Crippen LogP contribution in [0.5, 0.6) is 11.5 Å². The van der Waals surface area contributed by atoms with Crippen LogP contribution in [0.2, 0.25) is 0 Å². The molecule has 204 valence electrons. The molecule has 1 aliphatic heterocycles. The van der Waals surface area contributed by atoms with Gasteiger partial charge in [-0.2, -0.15) is 0 Å². The van der Waals surface area contributed by atoms with Gasteiger partial charge in [-0.25, -0.2) is 14.4 Å². The molecule has 3 heterocycles. The number of benzene rings is 2. The quantitative estimate of drug-likeness (QED) is 0.280. The monoisotopic (exact) mass is 549 g/mol. The number of primary amides is 1. The van der Waals surface area contributed by atoms with Crippen molar-refractivity contribution in [1.82, 2.24) is 14.9 Å². The van der Waals surface area contributed by atoms with Gasteiger partial charge in [0.2, 0.25) is 5.95 Å². The SMILES string of the molecule is COc1ccccc1-c1c(C(N)=O)sc2cnc(Nc3cc(F)c(C4CCN(C)CC4)cc3OC(C)C)nc12. The van der Waals surface area contributed by atoms with Crippen LogP contribution >= 0.6 is 11.3 Å². The summed E-state index contributed by atoms with van der Waals surface area (Å²) in [6, 6.07) is 10.6. The third-order valence-electron chi connectivity index (χ3n) is 6.90. The average Bonchev–Trinajstić information content (AvgIpc) is 3.29. The van der Waals surface area contributed by atoms with E-state index >= 15 is 4.39 Å². The van der Waals surface area contributed by atoms with E-state index in [0.29, 0.717) is 49.0 Å². The zero-order valence-corrected chi connectivity index (χ0v) is 23.3. The highest BCUT2D eigenvalue weighted by molar-refractivity contribution is 7.21. The smallest absolute Gasteiger partial charge is 0.259 e. The predicted octanol–water partition coefficient (Wildman–Crippen LogP) is 5.94. The second-order valence-electron chi connectivity index (χ2n) is 10.0. The Bertz CT molecular complexity index is 1510. The maximum Gasteiger partial charge on any atom is 0.259 e. The Kier molecular flexibility index (Phi) is 7.67. The summed E-state index contributed by atoms with van der Waals surface area (Å²) in [5, 5.41) is 3.16. The van der Waals surface area contributed by atoms with Crippen molar-refractivity contribution in [3.63, 3.8) is 0 Å². The number of aromatic nitrogens is 2. The van der Waals surface area contributed by atoms with Gasteiger partial charge in [0.25, 0.3) is 5.91 Å². The molecule has 0 spiro atoms. The minimum Gasteiger partial charge on any atom is -0.496 e. The van der Waals surface area contributed by atoms with E-state index in [1.807, 2.05) is 44.2 Å². The molecule has 5 rings (SSSR count). The fourth-order valence-electron chi connectivity index (χ4n) is 5.00. The summed E-state index contributed by atoms with van der Waals surface area (Å²) >= 11 is 1.22. The van der Waals surface area contributed by atoms with Gasteiger partial charge in [-0.05, 0) is 70.4 Å². The number of hydrogen-bond donors (Lipinski definition) is 2. The maximum atomic E-state index is 15.5. The number of hydrogen-bond acceptors (Lipinski definition) is 8. The van der Waals surface area contributed by atoms with Crippen LogP contribution in [0.15, 0.2) is 42.6 Å². The third-order valence-corrected chi connectivity index (χ3v) is 8.03. The lowest BCUT2D eigenvalue weighted by Gasteiger charge is -2.30. The summed E-state index contributed by atoms with van der Waals surface area (Å²) < 4.78 is 27.8. The van der Waals surface area contributed by atoms with Gasteiger partial charge in [0.15, 0.2) is 0 Å². The van der Waals surface area contributed by atoms with E-state index in [9.17, 15) is 4.79 Å². The van der Waals surface area contributed by atoms with Crippen molar-refractivity contribution in [2.75, 3.05) is 32.6 Å². The van der Waals surface area contributed by atoms with Crippen LogP contribution in [0.3, 0.4) is 0 Å². The number of nitrogens with two attached hydrogens (primary N) is 1. The van der Waals surface area contributed by atoms with E-state index in [0.717, 1.165) is 25.9 Å². The second kappa shape index (κ2) is 11.2. The Morgan fingerprint density at radius 2 is 1.95 bits per heavy atom. The molecule has 1 aliphatic rings. The van der Waals surface area contributed by atoms with Gasteiger partial charge < -0.3 is 25.4 Å². The van der Waals surface area contributed by atoms with Gasteiger partial charge in [-0.3, -0.25) is 4.79 Å². The van der Waals surface area contributed by atoms with Crippen molar-refractivity contribution < 1.29 is 18.7 Å². The molecule has 0 radical (unpaired) electrons. The minimum absolute atomic E-state index is 0.114. The van der Waals surface area contributed by atoms with Crippen LogP contribution in [-0.4, -0.2) is 54.1 Å². The maximum absolute atomic E-state index is 15.5. The summed E-state index contributed by atoms with van der Waals surface area (Å²) in [5.41, 5.74) is 8.66. The molecule has 2 aromatic carbocycles. The zero-order valence-electron chi connectivity index (χ0n) is 22.5. The molecule has 1 saturated heterocycles. The van der Waals surface area contributed by atoms with Crippen molar-refractivity contribution >= 4 is 39.1 Å². The van der Waals surface area contributed by atoms with E-state index in [4.69, 9.17) is 20.2 Å². The topological polar surface area (TPSA) is 103 Å². The zero-order chi connectivity index (χ0) is 27.7. The lowest BCUT2D eigenvalue weighted by atomic mass is 9.89. The first-order valence-corrected chi connectivity index (χ1v) is 13.7. The van der Waals surface area contributed by atoms with E-state index in [1.54, 1.807) is 13.3 Å². The minimum atomic E-state index is -0.562. The van der Waals surface area contributed by atoms with Crippen LogP contribution < -0.4 is 20.5 Å². The fraction of sp³-hybridized carbons (Fsp3) is 0.345. The summed E-state index contributed by atoms with van der Waals surface area (Å²) in [5.74, 6) is 0.661. The number of anilines is 2. The molecule has 3 N–H and O–H groups in total. The van der Waals surface area contributed by atoms with Gasteiger partial charge in [0.1, 0.15) is 22.2 Å². The number of carbonyl (C=O) groups is 1. The van der Waals surface area contributed by atoms with E-state index < -0.39 is 5.91 Å².